The highest BCUT2D eigenvalue weighted by Gasteiger charge is 2.29. The van der Waals surface area contributed by atoms with Crippen molar-refractivity contribution < 1.29 is 4.79 Å². The van der Waals surface area contributed by atoms with Gasteiger partial charge >= 0.3 is 0 Å². The number of anilines is 1. The van der Waals surface area contributed by atoms with E-state index in [1.54, 1.807) is 24.8 Å². The second-order valence-electron chi connectivity index (χ2n) is 10.8. The molecule has 4 aromatic heterocycles. The Labute approximate surface area is 243 Å². The number of amides is 1. The van der Waals surface area contributed by atoms with Crippen molar-refractivity contribution in [3.8, 4) is 28.5 Å². The van der Waals surface area contributed by atoms with Gasteiger partial charge in [-0.2, -0.15) is 0 Å². The first-order chi connectivity index (χ1) is 20.6. The Balaban J connectivity index is 1.24. The van der Waals surface area contributed by atoms with Crippen LogP contribution in [0.25, 0.3) is 39.6 Å². The van der Waals surface area contributed by atoms with Crippen LogP contribution >= 0.6 is 0 Å². The first-order valence-corrected chi connectivity index (χ1v) is 14.3. The first-order valence-electron chi connectivity index (χ1n) is 14.3. The molecule has 1 saturated heterocycles. The SMILES string of the molecule is C=CC(=O)N1CCC(N[C@H]2CCc3cc(-n4c(-c5cccnc5N)nc5ccc(-c6cnccn6)nc54)ccc32)CC1. The fourth-order valence-corrected chi connectivity index (χ4v) is 6.16. The second-order valence-corrected chi connectivity index (χ2v) is 10.8. The number of pyridine rings is 2. The zero-order valence-electron chi connectivity index (χ0n) is 23.1. The summed E-state index contributed by atoms with van der Waals surface area (Å²) in [5, 5.41) is 3.87. The van der Waals surface area contributed by atoms with E-state index in [9.17, 15) is 4.79 Å². The zero-order valence-corrected chi connectivity index (χ0v) is 23.1. The third-order valence-electron chi connectivity index (χ3n) is 8.29. The molecule has 0 saturated carbocycles. The van der Waals surface area contributed by atoms with Gasteiger partial charge in [-0.1, -0.05) is 12.6 Å². The van der Waals surface area contributed by atoms with Gasteiger partial charge in [-0.15, -0.1) is 0 Å². The van der Waals surface area contributed by atoms with Crippen molar-refractivity contribution in [3.63, 3.8) is 0 Å². The molecule has 10 nitrogen and oxygen atoms in total. The minimum absolute atomic E-state index is 0.0185. The Bertz CT molecular complexity index is 1790. The average Bonchev–Trinajstić information content (AvgIpc) is 3.62. The van der Waals surface area contributed by atoms with Crippen LogP contribution < -0.4 is 11.1 Å². The molecule has 3 N–H and O–H groups in total. The highest BCUT2D eigenvalue weighted by atomic mass is 16.2. The summed E-state index contributed by atoms with van der Waals surface area (Å²) in [6.45, 7) is 5.14. The molecule has 10 heteroatoms. The van der Waals surface area contributed by atoms with E-state index in [-0.39, 0.29) is 11.9 Å². The van der Waals surface area contributed by atoms with E-state index >= 15 is 0 Å². The molecule has 1 fully saturated rings. The number of piperidine rings is 1. The first kappa shape index (κ1) is 26.0. The van der Waals surface area contributed by atoms with Gasteiger partial charge in [0.05, 0.1) is 17.5 Å². The number of likely N-dealkylation sites (tertiary alicyclic amines) is 1. The number of rotatable bonds is 6. The lowest BCUT2D eigenvalue weighted by atomic mass is 10.0. The van der Waals surface area contributed by atoms with Gasteiger partial charge in [0.1, 0.15) is 17.0 Å². The molecule has 0 bridgehead atoms. The maximum Gasteiger partial charge on any atom is 0.245 e. The standard InChI is InChI=1S/C32H31N9O/c1-2-29(42)40-16-11-21(12-17-40)37-25-8-5-20-18-22(6-7-23(20)25)41-31(24-4-3-13-36-30(24)33)39-27-10-9-26(38-32(27)41)28-19-34-14-15-35-28/h2-4,6-7,9-10,13-15,18-19,21,25,37H,1,5,8,11-12,16-17H2,(H2,33,36)/t25-/m0/s1. The van der Waals surface area contributed by atoms with Gasteiger partial charge in [0.25, 0.3) is 0 Å². The van der Waals surface area contributed by atoms with Crippen LogP contribution in [-0.2, 0) is 11.2 Å². The van der Waals surface area contributed by atoms with Crippen molar-refractivity contribution in [1.29, 1.82) is 0 Å². The van der Waals surface area contributed by atoms with Crippen LogP contribution in [0.1, 0.15) is 36.4 Å². The summed E-state index contributed by atoms with van der Waals surface area (Å²) < 4.78 is 2.07. The summed E-state index contributed by atoms with van der Waals surface area (Å²) in [4.78, 5) is 36.8. The van der Waals surface area contributed by atoms with E-state index in [0.717, 1.165) is 55.5 Å². The number of hydrogen-bond donors (Lipinski definition) is 2. The third-order valence-corrected chi connectivity index (χ3v) is 8.29. The molecule has 42 heavy (non-hydrogen) atoms. The molecule has 0 unspecified atom stereocenters. The van der Waals surface area contributed by atoms with Crippen LogP contribution in [0.3, 0.4) is 0 Å². The van der Waals surface area contributed by atoms with Crippen molar-refractivity contribution in [1.82, 2.24) is 39.7 Å². The zero-order chi connectivity index (χ0) is 28.6. The summed E-state index contributed by atoms with van der Waals surface area (Å²) >= 11 is 0. The highest BCUT2D eigenvalue weighted by Crippen LogP contribution is 2.36. The number of carbonyl (C=O) groups excluding carboxylic acids is 1. The highest BCUT2D eigenvalue weighted by molar-refractivity contribution is 5.87. The number of nitrogens with two attached hydrogens (primary N) is 1. The second kappa shape index (κ2) is 10.8. The minimum Gasteiger partial charge on any atom is -0.383 e. The van der Waals surface area contributed by atoms with Crippen molar-refractivity contribution in [2.75, 3.05) is 18.8 Å². The number of fused-ring (bicyclic) bond motifs is 2. The molecule has 0 radical (unpaired) electrons. The third kappa shape index (κ3) is 4.69. The topological polar surface area (TPSA) is 128 Å². The number of aryl methyl sites for hydroxylation is 1. The van der Waals surface area contributed by atoms with Crippen LogP contribution in [-0.4, -0.2) is 59.4 Å². The van der Waals surface area contributed by atoms with E-state index < -0.39 is 0 Å². The van der Waals surface area contributed by atoms with Crippen LogP contribution in [0.2, 0.25) is 0 Å². The molecular formula is C32H31N9O. The number of imidazole rings is 1. The Morgan fingerprint density at radius 1 is 1.00 bits per heavy atom. The largest absolute Gasteiger partial charge is 0.383 e. The van der Waals surface area contributed by atoms with Gasteiger partial charge in [0.2, 0.25) is 5.91 Å². The molecule has 1 amide bonds. The van der Waals surface area contributed by atoms with Crippen LogP contribution in [0, 0.1) is 0 Å². The number of carbonyl (C=O) groups is 1. The molecule has 5 heterocycles. The Morgan fingerprint density at radius 2 is 1.88 bits per heavy atom. The van der Waals surface area contributed by atoms with E-state index in [1.807, 2.05) is 29.2 Å². The van der Waals surface area contributed by atoms with Gasteiger partial charge in [0.15, 0.2) is 11.5 Å². The lowest BCUT2D eigenvalue weighted by molar-refractivity contribution is -0.127. The Morgan fingerprint density at radius 3 is 2.67 bits per heavy atom. The van der Waals surface area contributed by atoms with E-state index in [2.05, 4.69) is 49.6 Å². The summed E-state index contributed by atoms with van der Waals surface area (Å²) in [6, 6.07) is 15.0. The molecular weight excluding hydrogens is 526 g/mol. The molecule has 2 aliphatic rings. The molecule has 0 spiro atoms. The monoisotopic (exact) mass is 557 g/mol. The van der Waals surface area contributed by atoms with Crippen molar-refractivity contribution in [2.45, 2.75) is 37.8 Å². The molecule has 1 atom stereocenters. The van der Waals surface area contributed by atoms with E-state index in [4.69, 9.17) is 15.7 Å². The minimum atomic E-state index is 0.0185. The summed E-state index contributed by atoms with van der Waals surface area (Å²) in [5.41, 5.74) is 13.6. The number of nitrogen functional groups attached to an aromatic ring is 1. The van der Waals surface area contributed by atoms with Gasteiger partial charge in [-0.05, 0) is 79.3 Å². The lowest BCUT2D eigenvalue weighted by Crippen LogP contribution is -2.45. The fourth-order valence-electron chi connectivity index (χ4n) is 6.16. The summed E-state index contributed by atoms with van der Waals surface area (Å²) in [7, 11) is 0. The lowest BCUT2D eigenvalue weighted by Gasteiger charge is -2.33. The van der Waals surface area contributed by atoms with E-state index in [1.165, 1.54) is 17.2 Å². The number of benzene rings is 1. The summed E-state index contributed by atoms with van der Waals surface area (Å²) in [6.07, 6.45) is 12.0. The van der Waals surface area contributed by atoms with Crippen molar-refractivity contribution >= 4 is 22.9 Å². The van der Waals surface area contributed by atoms with Crippen LogP contribution in [0.15, 0.2) is 79.9 Å². The molecule has 5 aromatic rings. The maximum absolute atomic E-state index is 12.0. The van der Waals surface area contributed by atoms with Crippen molar-refractivity contribution in [2.24, 2.45) is 0 Å². The molecule has 1 aliphatic carbocycles. The van der Waals surface area contributed by atoms with Gasteiger partial charge in [0, 0.05) is 49.5 Å². The van der Waals surface area contributed by atoms with Gasteiger partial charge < -0.3 is 16.0 Å². The normalized spacial score (nSPS) is 17.0. The smallest absolute Gasteiger partial charge is 0.245 e. The average molecular weight is 558 g/mol. The Hall–Kier alpha value is -4.96. The molecule has 210 valence electrons. The predicted octanol–water partition coefficient (Wildman–Crippen LogP) is 4.28. The maximum atomic E-state index is 12.0. The predicted molar refractivity (Wildman–Crippen MR) is 162 cm³/mol. The number of nitrogens with one attached hydrogen (secondary N) is 1. The van der Waals surface area contributed by atoms with Gasteiger partial charge in [-0.3, -0.25) is 19.3 Å². The molecule has 7 rings (SSSR count). The van der Waals surface area contributed by atoms with Crippen molar-refractivity contribution in [3.05, 3.63) is 91.0 Å². The number of aromatic nitrogens is 6. The number of nitrogens with zero attached hydrogens (tertiary/aromatic N) is 7. The Kier molecular flexibility index (Phi) is 6.67. The quantitative estimate of drug-likeness (QED) is 0.296. The summed E-state index contributed by atoms with van der Waals surface area (Å²) in [5.74, 6) is 1.12. The van der Waals surface area contributed by atoms with Crippen LogP contribution in [0.4, 0.5) is 5.82 Å². The van der Waals surface area contributed by atoms with E-state index in [0.29, 0.717) is 34.7 Å². The van der Waals surface area contributed by atoms with Crippen LogP contribution in [0.5, 0.6) is 0 Å². The fraction of sp³-hybridized carbons (Fsp3) is 0.250. The molecule has 1 aliphatic heterocycles. The number of hydrogen-bond acceptors (Lipinski definition) is 8. The molecule has 1 aromatic carbocycles. The van der Waals surface area contributed by atoms with Gasteiger partial charge in [-0.25, -0.2) is 15.0 Å².